The van der Waals surface area contributed by atoms with E-state index in [1.165, 1.54) is 33.5 Å². The second kappa shape index (κ2) is 10.2. The van der Waals surface area contributed by atoms with Crippen LogP contribution in [0.3, 0.4) is 0 Å². The molecule has 0 aromatic heterocycles. The first-order chi connectivity index (χ1) is 15.2. The van der Waals surface area contributed by atoms with Crippen molar-refractivity contribution in [3.05, 3.63) is 88.9 Å². The van der Waals surface area contributed by atoms with Gasteiger partial charge in [-0.25, -0.2) is 8.42 Å². The van der Waals surface area contributed by atoms with Gasteiger partial charge in [-0.3, -0.25) is 4.79 Å². The van der Waals surface area contributed by atoms with E-state index in [9.17, 15) is 13.2 Å². The fraction of sp³-hybridized carbons (Fsp3) is 0.208. The Morgan fingerprint density at radius 2 is 1.69 bits per heavy atom. The fourth-order valence-electron chi connectivity index (χ4n) is 3.22. The zero-order chi connectivity index (χ0) is 23.3. The van der Waals surface area contributed by atoms with Gasteiger partial charge in [-0.05, 0) is 48.9 Å². The van der Waals surface area contributed by atoms with E-state index in [2.05, 4.69) is 0 Å². The van der Waals surface area contributed by atoms with Gasteiger partial charge in [-0.15, -0.1) is 0 Å². The lowest BCUT2D eigenvalue weighted by molar-refractivity contribution is -0.118. The summed E-state index contributed by atoms with van der Waals surface area (Å²) in [5, 5.41) is 0.433. The maximum atomic E-state index is 13.4. The van der Waals surface area contributed by atoms with E-state index in [0.717, 1.165) is 11.1 Å². The number of amides is 1. The number of sulfonamides is 1. The molecule has 0 aliphatic heterocycles. The molecule has 0 atom stereocenters. The lowest BCUT2D eigenvalue weighted by Gasteiger charge is -2.25. The summed E-state index contributed by atoms with van der Waals surface area (Å²) in [6.07, 6.45) is 0. The van der Waals surface area contributed by atoms with Crippen molar-refractivity contribution in [3.8, 4) is 5.75 Å². The average Bonchev–Trinajstić information content (AvgIpc) is 2.78. The number of rotatable bonds is 8. The third-order valence-corrected chi connectivity index (χ3v) is 7.08. The molecule has 0 heterocycles. The van der Waals surface area contributed by atoms with Crippen LogP contribution < -0.4 is 9.64 Å². The van der Waals surface area contributed by atoms with E-state index in [4.69, 9.17) is 16.3 Å². The predicted molar refractivity (Wildman–Crippen MR) is 127 cm³/mol. The molecule has 3 rings (SSSR count). The van der Waals surface area contributed by atoms with Gasteiger partial charge in [-0.2, -0.15) is 4.31 Å². The molecule has 8 heteroatoms. The number of benzene rings is 3. The molecule has 1 amide bonds. The average molecular weight is 473 g/mol. The Kier molecular flexibility index (Phi) is 7.56. The van der Waals surface area contributed by atoms with Crippen LogP contribution in [0.2, 0.25) is 5.02 Å². The Labute approximate surface area is 194 Å². The highest BCUT2D eigenvalue weighted by Crippen LogP contribution is 2.23. The number of anilines is 1. The molecule has 3 aromatic rings. The molecule has 6 nitrogen and oxygen atoms in total. The minimum absolute atomic E-state index is 0.0599. The van der Waals surface area contributed by atoms with Gasteiger partial charge in [0.15, 0.2) is 0 Å². The van der Waals surface area contributed by atoms with Crippen molar-refractivity contribution >= 4 is 33.2 Å². The van der Waals surface area contributed by atoms with Crippen molar-refractivity contribution in [2.24, 2.45) is 0 Å². The van der Waals surface area contributed by atoms with Crippen LogP contribution in [-0.4, -0.2) is 39.3 Å². The van der Waals surface area contributed by atoms with Crippen LogP contribution in [0.5, 0.6) is 5.75 Å². The number of carbonyl (C=O) groups excluding carboxylic acids is 1. The molecule has 0 unspecified atom stereocenters. The zero-order valence-electron chi connectivity index (χ0n) is 18.2. The zero-order valence-corrected chi connectivity index (χ0v) is 19.7. The van der Waals surface area contributed by atoms with Crippen molar-refractivity contribution in [1.29, 1.82) is 0 Å². The number of nitrogens with zero attached hydrogens (tertiary/aromatic N) is 2. The van der Waals surface area contributed by atoms with Crippen molar-refractivity contribution < 1.29 is 17.9 Å². The van der Waals surface area contributed by atoms with Crippen molar-refractivity contribution in [2.45, 2.75) is 18.4 Å². The summed E-state index contributed by atoms with van der Waals surface area (Å²) in [7, 11) is -0.797. The first kappa shape index (κ1) is 23.8. The van der Waals surface area contributed by atoms with Crippen LogP contribution in [0, 0.1) is 6.92 Å². The highest BCUT2D eigenvalue weighted by Gasteiger charge is 2.28. The van der Waals surface area contributed by atoms with Crippen molar-refractivity contribution in [3.63, 3.8) is 0 Å². The number of hydrogen-bond acceptors (Lipinski definition) is 4. The molecule has 0 saturated carbocycles. The molecule has 0 fully saturated rings. The molecule has 3 aromatic carbocycles. The second-order valence-corrected chi connectivity index (χ2v) is 9.74. The third-order valence-electron chi connectivity index (χ3n) is 5.02. The molecule has 0 saturated heterocycles. The fourth-order valence-corrected chi connectivity index (χ4v) is 4.72. The van der Waals surface area contributed by atoms with Gasteiger partial charge in [0.25, 0.3) is 0 Å². The summed E-state index contributed by atoms with van der Waals surface area (Å²) in [4.78, 5) is 14.6. The number of ether oxygens (including phenoxy) is 1. The largest absolute Gasteiger partial charge is 0.497 e. The number of likely N-dealkylation sites (N-methyl/N-ethyl adjacent to an activating group) is 1. The Morgan fingerprint density at radius 1 is 1.00 bits per heavy atom. The number of methoxy groups -OCH3 is 1. The number of halogens is 1. The van der Waals surface area contributed by atoms with E-state index in [1.54, 1.807) is 38.4 Å². The summed E-state index contributed by atoms with van der Waals surface area (Å²) in [6.45, 7) is 1.67. The topological polar surface area (TPSA) is 66.9 Å². The molecule has 168 valence electrons. The van der Waals surface area contributed by atoms with Crippen LogP contribution in [0.25, 0.3) is 0 Å². The van der Waals surface area contributed by atoms with E-state index in [-0.39, 0.29) is 23.9 Å². The monoisotopic (exact) mass is 472 g/mol. The van der Waals surface area contributed by atoms with Gasteiger partial charge in [0.05, 0.1) is 18.6 Å². The normalized spacial score (nSPS) is 11.4. The SMILES string of the molecule is COc1cccc(N(C)C(=O)CN(Cc2cccc(C)c2)S(=O)(=O)c2ccc(Cl)cc2)c1. The first-order valence-corrected chi connectivity index (χ1v) is 11.7. The van der Waals surface area contributed by atoms with Crippen LogP contribution >= 0.6 is 11.6 Å². The van der Waals surface area contributed by atoms with Crippen LogP contribution in [0.1, 0.15) is 11.1 Å². The first-order valence-electron chi connectivity index (χ1n) is 9.92. The summed E-state index contributed by atoms with van der Waals surface area (Å²) >= 11 is 5.93. The molecule has 0 radical (unpaired) electrons. The lowest BCUT2D eigenvalue weighted by Crippen LogP contribution is -2.41. The third kappa shape index (κ3) is 5.68. The van der Waals surface area contributed by atoms with Crippen LogP contribution in [-0.2, 0) is 21.4 Å². The number of aryl methyl sites for hydroxylation is 1. The molecule has 0 N–H and O–H groups in total. The lowest BCUT2D eigenvalue weighted by atomic mass is 10.1. The highest BCUT2D eigenvalue weighted by molar-refractivity contribution is 7.89. The second-order valence-electron chi connectivity index (χ2n) is 7.37. The van der Waals surface area contributed by atoms with Gasteiger partial charge in [0, 0.05) is 30.4 Å². The summed E-state index contributed by atoms with van der Waals surface area (Å²) < 4.78 is 33.2. The summed E-state index contributed by atoms with van der Waals surface area (Å²) in [6, 6.07) is 20.5. The van der Waals surface area contributed by atoms with Crippen molar-refractivity contribution in [2.75, 3.05) is 25.6 Å². The molecule has 0 bridgehead atoms. The maximum Gasteiger partial charge on any atom is 0.243 e. The van der Waals surface area contributed by atoms with Gasteiger partial charge in [0.2, 0.25) is 15.9 Å². The van der Waals surface area contributed by atoms with E-state index in [0.29, 0.717) is 16.5 Å². The molecular formula is C24H25ClN2O4S. The Morgan fingerprint density at radius 3 is 2.34 bits per heavy atom. The minimum atomic E-state index is -3.95. The number of hydrogen-bond donors (Lipinski definition) is 0. The van der Waals surface area contributed by atoms with E-state index < -0.39 is 10.0 Å². The Hall–Kier alpha value is -2.87. The summed E-state index contributed by atoms with van der Waals surface area (Å²) in [5.74, 6) is 0.232. The van der Waals surface area contributed by atoms with E-state index >= 15 is 0 Å². The maximum absolute atomic E-state index is 13.4. The van der Waals surface area contributed by atoms with Gasteiger partial charge >= 0.3 is 0 Å². The van der Waals surface area contributed by atoms with Gasteiger partial charge in [-0.1, -0.05) is 47.5 Å². The standard InChI is InChI=1S/C24H25ClN2O4S/c1-18-6-4-7-19(14-18)16-27(32(29,30)23-12-10-20(25)11-13-23)17-24(28)26(2)21-8-5-9-22(15-21)31-3/h4-15H,16-17H2,1-3H3. The molecule has 0 aliphatic carbocycles. The van der Waals surface area contributed by atoms with E-state index in [1.807, 2.05) is 31.2 Å². The van der Waals surface area contributed by atoms with Crippen molar-refractivity contribution in [1.82, 2.24) is 4.31 Å². The van der Waals surface area contributed by atoms with Gasteiger partial charge < -0.3 is 9.64 Å². The molecule has 32 heavy (non-hydrogen) atoms. The minimum Gasteiger partial charge on any atom is -0.497 e. The molecule has 0 aliphatic rings. The highest BCUT2D eigenvalue weighted by atomic mass is 35.5. The smallest absolute Gasteiger partial charge is 0.243 e. The van der Waals surface area contributed by atoms with Crippen LogP contribution in [0.15, 0.2) is 77.7 Å². The Balaban J connectivity index is 1.92. The summed E-state index contributed by atoms with van der Waals surface area (Å²) in [5.41, 5.74) is 2.40. The predicted octanol–water partition coefficient (Wildman–Crippen LogP) is 4.51. The molecule has 0 spiro atoms. The van der Waals surface area contributed by atoms with Crippen LogP contribution in [0.4, 0.5) is 5.69 Å². The quantitative estimate of drug-likeness (QED) is 0.483. The Bertz CT molecular complexity index is 1200. The van der Waals surface area contributed by atoms with Gasteiger partial charge in [0.1, 0.15) is 5.75 Å². The molecular weight excluding hydrogens is 448 g/mol. The number of carbonyl (C=O) groups is 1.